The third-order valence-electron chi connectivity index (χ3n) is 6.68. The number of aromatic nitrogens is 1. The first-order valence-electron chi connectivity index (χ1n) is 13.2. The molecule has 1 aliphatic heterocycles. The van der Waals surface area contributed by atoms with Gasteiger partial charge < -0.3 is 4.90 Å². The third kappa shape index (κ3) is 10.7. The average Bonchev–Trinajstić information content (AvgIpc) is 2.91. The van der Waals surface area contributed by atoms with Crippen LogP contribution in [0.25, 0.3) is 0 Å². The molecule has 1 saturated carbocycles. The predicted octanol–water partition coefficient (Wildman–Crippen LogP) is 6.17. The monoisotopic (exact) mass is 468 g/mol. The van der Waals surface area contributed by atoms with Crippen molar-refractivity contribution in [1.82, 2.24) is 14.8 Å². The van der Waals surface area contributed by atoms with Crippen LogP contribution in [0.5, 0.6) is 0 Å². The standard InChI is InChI=1S/C18H24N4O.C9H18.C2H6/c1-3-7-17(4-2)21-13-10-20(11-14-21)12-15-22(16-23)18-8-5-6-9-19-18;1-3-9-6-4-8(2)5-7-9;1-2/h3-9,16H,1-2,10-15H2;8-9H,3-7H2,1-2H3;1-2H3/b17-7+;;. The smallest absolute Gasteiger partial charge is 0.215 e. The van der Waals surface area contributed by atoms with E-state index in [1.165, 1.54) is 32.1 Å². The van der Waals surface area contributed by atoms with Gasteiger partial charge in [-0.1, -0.05) is 85.1 Å². The molecule has 1 amide bonds. The summed E-state index contributed by atoms with van der Waals surface area (Å²) in [5.41, 5.74) is 1.11. The molecule has 1 saturated heterocycles. The average molecular weight is 469 g/mol. The molecule has 5 nitrogen and oxygen atoms in total. The highest BCUT2D eigenvalue weighted by atomic mass is 16.1. The van der Waals surface area contributed by atoms with Crippen molar-refractivity contribution >= 4 is 12.2 Å². The van der Waals surface area contributed by atoms with Crippen molar-refractivity contribution in [1.29, 1.82) is 0 Å². The summed E-state index contributed by atoms with van der Waals surface area (Å²) in [6.45, 7) is 21.6. The predicted molar refractivity (Wildman–Crippen MR) is 147 cm³/mol. The molecule has 0 N–H and O–H groups in total. The lowest BCUT2D eigenvalue weighted by Crippen LogP contribution is -2.47. The summed E-state index contributed by atoms with van der Waals surface area (Å²) in [6, 6.07) is 5.59. The highest BCUT2D eigenvalue weighted by Crippen LogP contribution is 2.29. The van der Waals surface area contributed by atoms with Crippen LogP contribution >= 0.6 is 0 Å². The molecular weight excluding hydrogens is 420 g/mol. The van der Waals surface area contributed by atoms with Gasteiger partial charge in [-0.3, -0.25) is 14.6 Å². The molecule has 34 heavy (non-hydrogen) atoms. The number of nitrogens with zero attached hydrogens (tertiary/aromatic N) is 4. The topological polar surface area (TPSA) is 39.7 Å². The van der Waals surface area contributed by atoms with Gasteiger partial charge in [-0.25, -0.2) is 4.98 Å². The van der Waals surface area contributed by atoms with Gasteiger partial charge in [0, 0.05) is 51.2 Å². The SMILES string of the molecule is C=C/C=C(\C=C)N1CCN(CCN(C=O)c2ccccn2)CC1.CC.CCC1CCC(C)CC1. The molecule has 0 bridgehead atoms. The summed E-state index contributed by atoms with van der Waals surface area (Å²) in [5, 5.41) is 0. The van der Waals surface area contributed by atoms with E-state index in [2.05, 4.69) is 41.8 Å². The fraction of sp³-hybridized carbons (Fsp3) is 0.586. The Morgan fingerprint density at radius 1 is 1.12 bits per heavy atom. The maximum Gasteiger partial charge on any atom is 0.215 e. The Balaban J connectivity index is 0.000000437. The maximum absolute atomic E-state index is 11.3. The van der Waals surface area contributed by atoms with Crippen LogP contribution in [0.15, 0.2) is 61.5 Å². The minimum Gasteiger partial charge on any atom is -0.369 e. The van der Waals surface area contributed by atoms with Gasteiger partial charge in [0.05, 0.1) is 0 Å². The quantitative estimate of drug-likeness (QED) is 0.321. The van der Waals surface area contributed by atoms with Crippen molar-refractivity contribution in [3.63, 3.8) is 0 Å². The molecule has 190 valence electrons. The van der Waals surface area contributed by atoms with Gasteiger partial charge in [-0.05, 0) is 36.1 Å². The second-order valence-electron chi connectivity index (χ2n) is 8.88. The number of hydrogen-bond donors (Lipinski definition) is 0. The molecule has 2 fully saturated rings. The third-order valence-corrected chi connectivity index (χ3v) is 6.68. The summed E-state index contributed by atoms with van der Waals surface area (Å²) < 4.78 is 0. The van der Waals surface area contributed by atoms with Crippen LogP contribution in [0.2, 0.25) is 0 Å². The first-order valence-corrected chi connectivity index (χ1v) is 13.2. The van der Waals surface area contributed by atoms with Crippen molar-refractivity contribution in [3.05, 3.63) is 61.5 Å². The molecule has 2 heterocycles. The molecule has 3 rings (SSSR count). The highest BCUT2D eigenvalue weighted by Gasteiger charge is 2.18. The Morgan fingerprint density at radius 3 is 2.29 bits per heavy atom. The molecule has 1 aliphatic carbocycles. The molecule has 2 aliphatic rings. The van der Waals surface area contributed by atoms with E-state index in [4.69, 9.17) is 0 Å². The van der Waals surface area contributed by atoms with Gasteiger partial charge in [0.25, 0.3) is 0 Å². The number of hydrogen-bond acceptors (Lipinski definition) is 4. The number of amides is 1. The number of pyridine rings is 1. The lowest BCUT2D eigenvalue weighted by Gasteiger charge is -2.37. The molecule has 0 aromatic carbocycles. The van der Waals surface area contributed by atoms with Crippen molar-refractivity contribution in [2.75, 3.05) is 44.2 Å². The van der Waals surface area contributed by atoms with Crippen LogP contribution in [0.4, 0.5) is 5.82 Å². The first kappa shape index (κ1) is 29.6. The van der Waals surface area contributed by atoms with Crippen LogP contribution in [0.1, 0.15) is 59.8 Å². The van der Waals surface area contributed by atoms with Crippen molar-refractivity contribution in [2.45, 2.75) is 59.8 Å². The number of rotatable bonds is 9. The summed E-state index contributed by atoms with van der Waals surface area (Å²) >= 11 is 0. The van der Waals surface area contributed by atoms with Gasteiger partial charge in [0.15, 0.2) is 0 Å². The van der Waals surface area contributed by atoms with E-state index in [0.29, 0.717) is 12.4 Å². The summed E-state index contributed by atoms with van der Waals surface area (Å²) in [7, 11) is 0. The molecular formula is C29H48N4O. The highest BCUT2D eigenvalue weighted by molar-refractivity contribution is 5.72. The van der Waals surface area contributed by atoms with E-state index in [-0.39, 0.29) is 0 Å². The Bertz CT molecular complexity index is 702. The number of allylic oxidation sites excluding steroid dienone is 3. The zero-order valence-electron chi connectivity index (χ0n) is 22.2. The van der Waals surface area contributed by atoms with Gasteiger partial charge in [0.1, 0.15) is 5.82 Å². The van der Waals surface area contributed by atoms with Crippen molar-refractivity contribution in [2.24, 2.45) is 11.8 Å². The lowest BCUT2D eigenvalue weighted by atomic mass is 9.82. The fourth-order valence-corrected chi connectivity index (χ4v) is 4.38. The van der Waals surface area contributed by atoms with Crippen LogP contribution in [-0.2, 0) is 4.79 Å². The zero-order chi connectivity index (χ0) is 25.2. The Hall–Kier alpha value is -2.40. The van der Waals surface area contributed by atoms with E-state index >= 15 is 0 Å². The van der Waals surface area contributed by atoms with E-state index in [9.17, 15) is 4.79 Å². The van der Waals surface area contributed by atoms with Gasteiger partial charge in [-0.15, -0.1) is 0 Å². The number of anilines is 1. The summed E-state index contributed by atoms with van der Waals surface area (Å²) in [6.07, 6.45) is 15.6. The zero-order valence-corrected chi connectivity index (χ0v) is 22.2. The molecule has 0 unspecified atom stereocenters. The molecule has 1 aromatic rings. The molecule has 0 spiro atoms. The maximum atomic E-state index is 11.3. The Labute approximate surface area is 209 Å². The summed E-state index contributed by atoms with van der Waals surface area (Å²) in [4.78, 5) is 21.8. The van der Waals surface area contributed by atoms with Crippen molar-refractivity contribution < 1.29 is 4.79 Å². The van der Waals surface area contributed by atoms with E-state index in [1.54, 1.807) is 17.2 Å². The molecule has 5 heteroatoms. The number of piperazine rings is 1. The normalized spacial score (nSPS) is 20.7. The van der Waals surface area contributed by atoms with Crippen LogP contribution in [-0.4, -0.2) is 60.5 Å². The largest absolute Gasteiger partial charge is 0.369 e. The van der Waals surface area contributed by atoms with Gasteiger partial charge in [0.2, 0.25) is 6.41 Å². The summed E-state index contributed by atoms with van der Waals surface area (Å²) in [5.74, 6) is 2.79. The van der Waals surface area contributed by atoms with Gasteiger partial charge in [-0.2, -0.15) is 0 Å². The number of carbonyl (C=O) groups excluding carboxylic acids is 1. The van der Waals surface area contributed by atoms with E-state index in [0.717, 1.165) is 56.7 Å². The van der Waals surface area contributed by atoms with Crippen LogP contribution in [0.3, 0.4) is 0 Å². The van der Waals surface area contributed by atoms with Gasteiger partial charge >= 0.3 is 0 Å². The van der Waals surface area contributed by atoms with Crippen LogP contribution < -0.4 is 4.90 Å². The number of carbonyl (C=O) groups is 1. The molecule has 0 radical (unpaired) electrons. The fourth-order valence-electron chi connectivity index (χ4n) is 4.38. The lowest BCUT2D eigenvalue weighted by molar-refractivity contribution is -0.107. The Morgan fingerprint density at radius 2 is 1.79 bits per heavy atom. The van der Waals surface area contributed by atoms with Crippen LogP contribution in [0, 0.1) is 11.8 Å². The Kier molecular flexibility index (Phi) is 15.7. The second-order valence-corrected chi connectivity index (χ2v) is 8.88. The first-order chi connectivity index (χ1) is 16.6. The van der Waals surface area contributed by atoms with E-state index < -0.39 is 0 Å². The minimum absolute atomic E-state index is 0.650. The minimum atomic E-state index is 0.650. The molecule has 0 atom stereocenters. The van der Waals surface area contributed by atoms with Crippen molar-refractivity contribution in [3.8, 4) is 0 Å². The molecule has 1 aromatic heterocycles. The van der Waals surface area contributed by atoms with E-state index in [1.807, 2.05) is 44.2 Å². The second kappa shape index (κ2) is 18.0.